The van der Waals surface area contributed by atoms with Gasteiger partial charge in [0.05, 0.1) is 92.8 Å². The molecular formula is C97H119BrCl2N12O20. The Morgan fingerprint density at radius 3 is 1.21 bits per heavy atom. The predicted octanol–water partition coefficient (Wildman–Crippen LogP) is 13.5. The maximum absolute atomic E-state index is 12.3. The minimum absolute atomic E-state index is 0. The predicted molar refractivity (Wildman–Crippen MR) is 504 cm³/mol. The number of benzene rings is 7. The molecule has 12 atom stereocenters. The lowest BCUT2D eigenvalue weighted by Gasteiger charge is -2.26. The van der Waals surface area contributed by atoms with Crippen LogP contribution in [-0.2, 0) is 97.7 Å². The molecule has 32 nitrogen and oxygen atoms in total. The number of carboxylic acids is 1. The number of aliphatic carboxylic acids is 1. The molecule has 6 aliphatic heterocycles. The Hall–Kier alpha value is -12.6. The number of hydrogen-bond donors (Lipinski definition) is 4. The van der Waals surface area contributed by atoms with Gasteiger partial charge < -0.3 is 69.1 Å². The molecule has 6 aliphatic rings. The number of rotatable bonds is 20. The number of carboxylic acid groups (broad SMARTS) is 1. The van der Waals surface area contributed by atoms with Crippen molar-refractivity contribution in [2.75, 3.05) is 81.9 Å². The molecule has 0 spiro atoms. The Balaban J connectivity index is 0.000000399. The zero-order valence-electron chi connectivity index (χ0n) is 75.3. The van der Waals surface area contributed by atoms with Crippen LogP contribution >= 0.6 is 40.7 Å². The van der Waals surface area contributed by atoms with Gasteiger partial charge in [0.1, 0.15) is 66.6 Å². The van der Waals surface area contributed by atoms with Gasteiger partial charge in [0, 0.05) is 63.9 Å². The molecule has 8 aromatic rings. The number of methoxy groups -OCH3 is 6. The van der Waals surface area contributed by atoms with E-state index in [1.807, 2.05) is 191 Å². The lowest BCUT2D eigenvalue weighted by Crippen LogP contribution is -2.43. The number of aromatic nitrogens is 1. The van der Waals surface area contributed by atoms with Gasteiger partial charge in [0.15, 0.2) is 5.89 Å². The lowest BCUT2D eigenvalue weighted by atomic mass is 10.1. The molecule has 132 heavy (non-hydrogen) atoms. The summed E-state index contributed by atoms with van der Waals surface area (Å²) in [5.74, 6) is -3.15. The minimum Gasteiger partial charge on any atom is -0.481 e. The lowest BCUT2D eigenvalue weighted by molar-refractivity contribution is -0.147. The average Bonchev–Trinajstić information content (AvgIpc) is 1.64. The standard InChI is InChI=1S/C22H22N2O3.C14H18N2O3.C14H16N2O2.C14H17NO4.C12H18N2O4.C7H5BrO.C7H10N2O2.C7H6O.2ClH.H3N.H2/c1-26-22(25)20-12-18(14-24(20)13-16-8-4-2-5-9-16)21-23-19(15-27-21)17-10-6-3-7-11-17;1-19-14(18)12-7-11(13(15)17)9-16(12)8-10-5-3-2-4-6-10;1-15-12-8-13(14(17)18-2)16(10-12)9-11-6-4-3-5-7-11;1-19-14(18)12-7-11(13(16)17)9-15(12)8-10-5-3-2-4-6-10;1-12(2,3)18-11(16)14-7-8(13-4)6-9(14)10(15)17-5;8-7(9)6-4-2-1-3-5-6;1-8-5-3-6(9-4-5)7(10)11-2;8-6-7-4-2-1-3-5-7;;;;/h2-11,15,18,20H,12-14H2,1H3;2-6,11-12H,7-9H2,1H3,(H2,15,17);3-7,12-13H,8-10H2,2H3;2-6,11-12H,7-9H2,1H3,(H,16,17);8-9H,6-7H2,1-3,5H3;1-5H;5-6,9H,3-4H2,2H3;1-6H;2*1H;1H3;1H/t18-,20+;11-,12+;12-,13+;11-,12+;8-,9+;;5-,6+;;;;;/m11111.1...../s1. The van der Waals surface area contributed by atoms with E-state index in [1.54, 1.807) is 51.3 Å². The monoisotopic (exact) mass is 1920 g/mol. The van der Waals surface area contributed by atoms with Crippen LogP contribution in [0.25, 0.3) is 25.8 Å². The highest BCUT2D eigenvalue weighted by Crippen LogP contribution is 2.36. The Kier molecular flexibility index (Phi) is 49.3. The van der Waals surface area contributed by atoms with E-state index in [1.165, 1.54) is 53.1 Å². The number of carbonyl (C=O) groups is 11. The molecule has 0 unspecified atom stereocenters. The Bertz CT molecular complexity index is 4960. The highest BCUT2D eigenvalue weighted by atomic mass is 79.9. The van der Waals surface area contributed by atoms with Crippen LogP contribution in [0.3, 0.4) is 0 Å². The van der Waals surface area contributed by atoms with Gasteiger partial charge in [0.2, 0.25) is 28.7 Å². The molecule has 0 radical (unpaired) electrons. The van der Waals surface area contributed by atoms with Crippen molar-refractivity contribution in [2.45, 2.75) is 151 Å². The molecular weight excluding hydrogens is 1800 g/mol. The van der Waals surface area contributed by atoms with Crippen LogP contribution < -0.4 is 17.2 Å². The topological polar surface area (TPSA) is 401 Å². The normalized spacial score (nSPS) is 20.7. The van der Waals surface area contributed by atoms with Crippen LogP contribution in [0.5, 0.6) is 0 Å². The van der Waals surface area contributed by atoms with Crippen molar-refractivity contribution in [1.82, 2.24) is 41.0 Å². The van der Waals surface area contributed by atoms with E-state index < -0.39 is 41.6 Å². The van der Waals surface area contributed by atoms with Crippen molar-refractivity contribution in [3.8, 4) is 11.3 Å². The smallest absolute Gasteiger partial charge is 0.411 e. The Morgan fingerprint density at radius 1 is 0.485 bits per heavy atom. The summed E-state index contributed by atoms with van der Waals surface area (Å²) in [7, 11) is 8.15. The number of nitrogens with two attached hydrogens (primary N) is 1. The number of aldehydes is 1. The zero-order valence-corrected chi connectivity index (χ0v) is 78.5. The third-order valence-electron chi connectivity index (χ3n) is 21.5. The SMILES string of the molecule is COC(=O)[C@@H]1C[C@@H](C(=O)O)CN1Cc1ccccc1.COC(=O)[C@@H]1C[C@@H](C(N)=O)CN1Cc1ccccc1.COC(=O)[C@@H]1C[C@@H](c2nc(-c3ccccc3)co2)CN1Cc1ccccc1.Cl.Cl.N.O=C(Br)c1ccccc1.O=Cc1ccccc1.[C-]#[N+][C@@H]1C[C@@H](C(=O)OC)N(C(=O)OC(C)(C)C)C1.[C-]#[N+][C@@H]1C[C@@H](C(=O)OC)N(Cc2ccccc2)C1.[C-]#[N+][C@H]1CN[C@H](C(=O)OC)C1.[HH]. The molecule has 6 fully saturated rings. The van der Waals surface area contributed by atoms with Gasteiger partial charge in [-0.3, -0.25) is 73.0 Å². The molecule has 6 saturated heterocycles. The van der Waals surface area contributed by atoms with Crippen molar-refractivity contribution in [1.29, 1.82) is 0 Å². The fourth-order valence-corrected chi connectivity index (χ4v) is 15.3. The number of amides is 2. The van der Waals surface area contributed by atoms with Crippen molar-refractivity contribution >= 4 is 106 Å². The summed E-state index contributed by atoms with van der Waals surface area (Å²) in [6.07, 6.45) is 4.80. The third-order valence-corrected chi connectivity index (χ3v) is 22.0. The summed E-state index contributed by atoms with van der Waals surface area (Å²) >= 11 is 2.84. The van der Waals surface area contributed by atoms with E-state index in [0.717, 1.165) is 39.8 Å². The second kappa shape index (κ2) is 58.2. The first-order valence-electron chi connectivity index (χ1n) is 41.7. The quantitative estimate of drug-likeness (QED) is 0.0181. The Labute approximate surface area is 792 Å². The molecule has 1 aromatic heterocycles. The first-order valence-corrected chi connectivity index (χ1v) is 42.5. The summed E-state index contributed by atoms with van der Waals surface area (Å²) < 4.78 is 39.5. The molecule has 7 N–H and O–H groups in total. The van der Waals surface area contributed by atoms with Crippen LogP contribution in [0.2, 0.25) is 0 Å². The van der Waals surface area contributed by atoms with Crippen LogP contribution in [0, 0.1) is 31.6 Å². The minimum atomic E-state index is -0.857. The average molecular weight is 1920 g/mol. The van der Waals surface area contributed by atoms with E-state index in [2.05, 4.69) is 67.3 Å². The molecule has 35 heteroatoms. The number of ether oxygens (including phenoxy) is 7. The van der Waals surface area contributed by atoms with E-state index in [-0.39, 0.29) is 134 Å². The molecule has 0 bridgehead atoms. The fraction of sp³-hybridized carbons (Fsp3) is 0.392. The van der Waals surface area contributed by atoms with E-state index >= 15 is 0 Å². The number of nitrogens with zero attached hydrogens (tertiary/aromatic N) is 9. The zero-order chi connectivity index (χ0) is 94.0. The number of likely N-dealkylation sites (tertiary alicyclic amines) is 5. The number of halogens is 3. The van der Waals surface area contributed by atoms with Crippen LogP contribution in [-0.4, -0.2) is 241 Å². The molecule has 7 aromatic carbocycles. The van der Waals surface area contributed by atoms with Crippen LogP contribution in [0.1, 0.15) is 116 Å². The number of oxazole rings is 1. The van der Waals surface area contributed by atoms with Gasteiger partial charge in [-0.1, -0.05) is 212 Å². The summed E-state index contributed by atoms with van der Waals surface area (Å²) in [4.78, 5) is 149. The number of nitrogens with one attached hydrogen (secondary N) is 1. The van der Waals surface area contributed by atoms with Gasteiger partial charge in [-0.2, -0.15) is 0 Å². The summed E-state index contributed by atoms with van der Waals surface area (Å²) in [6, 6.07) is 64.8. The van der Waals surface area contributed by atoms with E-state index in [4.69, 9.17) is 58.7 Å². The highest BCUT2D eigenvalue weighted by Gasteiger charge is 2.47. The van der Waals surface area contributed by atoms with Crippen molar-refractivity contribution in [2.24, 2.45) is 17.6 Å². The molecule has 708 valence electrons. The van der Waals surface area contributed by atoms with Gasteiger partial charge >= 0.3 is 47.9 Å². The Morgan fingerprint density at radius 2 is 0.841 bits per heavy atom. The number of carbonyl (C=O) groups excluding carboxylic acids is 10. The molecule has 7 heterocycles. The van der Waals surface area contributed by atoms with Gasteiger partial charge in [0.25, 0.3) is 0 Å². The van der Waals surface area contributed by atoms with Crippen molar-refractivity contribution in [3.05, 3.63) is 292 Å². The van der Waals surface area contributed by atoms with Gasteiger partial charge in [-0.25, -0.2) is 34.3 Å². The number of hydrogen-bond acceptors (Lipinski definition) is 26. The molecule has 0 saturated carbocycles. The molecule has 14 rings (SSSR count). The third kappa shape index (κ3) is 35.9. The maximum atomic E-state index is 12.3. The first kappa shape index (κ1) is 112. The highest BCUT2D eigenvalue weighted by molar-refractivity contribution is 9.18. The second-order valence-corrected chi connectivity index (χ2v) is 32.4. The number of primary amides is 1. The van der Waals surface area contributed by atoms with Gasteiger partial charge in [-0.15, -0.1) is 24.8 Å². The van der Waals surface area contributed by atoms with Crippen LogP contribution in [0.4, 0.5) is 4.79 Å². The van der Waals surface area contributed by atoms with E-state index in [0.29, 0.717) is 109 Å². The maximum Gasteiger partial charge on any atom is 0.411 e. The summed E-state index contributed by atoms with van der Waals surface area (Å²) in [6.45, 7) is 31.7. The van der Waals surface area contributed by atoms with Crippen LogP contribution in [0.15, 0.2) is 223 Å². The fourth-order valence-electron chi connectivity index (χ4n) is 15.0. The molecule has 2 amide bonds. The summed E-state index contributed by atoms with van der Waals surface area (Å²) in [5, 5.41) is 12.0. The summed E-state index contributed by atoms with van der Waals surface area (Å²) in [5.41, 5.74) is 12.5. The van der Waals surface area contributed by atoms with Gasteiger partial charge in [-0.05, 0) is 78.2 Å². The first-order chi connectivity index (χ1) is 62.0. The molecule has 0 aliphatic carbocycles. The second-order valence-electron chi connectivity index (χ2n) is 31.7. The number of esters is 6. The van der Waals surface area contributed by atoms with Crippen molar-refractivity contribution < 1.29 is 96.8 Å². The van der Waals surface area contributed by atoms with E-state index in [9.17, 15) is 52.7 Å². The van der Waals surface area contributed by atoms with Crippen molar-refractivity contribution in [3.63, 3.8) is 0 Å². The largest absolute Gasteiger partial charge is 0.481 e.